The number of allylic oxidation sites excluding steroid dienone is 2. The molecule has 0 unspecified atom stereocenters. The Morgan fingerprint density at radius 2 is 0.915 bits per heavy atom. The van der Waals surface area contributed by atoms with Crippen LogP contribution < -0.4 is 0 Å². The standard InChI is InChI=1S/C40H19F3N4/c1-22-4-6-23(7-5-22)25-10-14-28-30-18-31-29-15-11-26(24-8-12-27(13-9-24)40(41,42)43)17-33(29)39(37(21-45)47-3)35(31)19-34(30)38(32(28)16-25)36(20-44)46-2/h4-19H,1H3/b38-36+,39-37-. The second kappa shape index (κ2) is 10.7. The molecule has 0 atom stereocenters. The first-order valence-corrected chi connectivity index (χ1v) is 14.4. The third-order valence-electron chi connectivity index (χ3n) is 8.69. The predicted molar refractivity (Wildman–Crippen MR) is 174 cm³/mol. The molecule has 0 saturated carbocycles. The molecular weight excluding hydrogens is 593 g/mol. The van der Waals surface area contributed by atoms with E-state index in [4.69, 9.17) is 13.1 Å². The van der Waals surface area contributed by atoms with Gasteiger partial charge >= 0.3 is 6.18 Å². The topological polar surface area (TPSA) is 56.3 Å². The molecule has 7 rings (SSSR count). The zero-order valence-electron chi connectivity index (χ0n) is 24.7. The Bertz CT molecular complexity index is 2390. The third-order valence-corrected chi connectivity index (χ3v) is 8.69. The van der Waals surface area contributed by atoms with Crippen LogP contribution in [-0.4, -0.2) is 0 Å². The molecule has 0 spiro atoms. The Balaban J connectivity index is 1.44. The second-order valence-electron chi connectivity index (χ2n) is 11.3. The Kier molecular flexibility index (Phi) is 6.64. The fraction of sp³-hybridized carbons (Fsp3) is 0.0500. The Morgan fingerprint density at radius 1 is 0.532 bits per heavy atom. The highest BCUT2D eigenvalue weighted by Crippen LogP contribution is 2.54. The number of benzene rings is 5. The number of alkyl halides is 3. The van der Waals surface area contributed by atoms with Gasteiger partial charge in [0, 0.05) is 11.1 Å². The zero-order valence-corrected chi connectivity index (χ0v) is 24.7. The molecule has 0 saturated heterocycles. The summed E-state index contributed by atoms with van der Waals surface area (Å²) >= 11 is 0. The average Bonchev–Trinajstić information content (AvgIpc) is 3.56. The quantitative estimate of drug-likeness (QED) is 0.144. The molecule has 5 aromatic carbocycles. The molecule has 5 aromatic rings. The van der Waals surface area contributed by atoms with E-state index in [9.17, 15) is 23.7 Å². The molecule has 2 aliphatic rings. The van der Waals surface area contributed by atoms with Crippen LogP contribution in [-0.2, 0) is 6.18 Å². The highest BCUT2D eigenvalue weighted by atomic mass is 19.4. The van der Waals surface area contributed by atoms with Gasteiger partial charge in [-0.15, -0.1) is 0 Å². The lowest BCUT2D eigenvalue weighted by Crippen LogP contribution is -2.03. The van der Waals surface area contributed by atoms with Gasteiger partial charge in [0.15, 0.2) is 0 Å². The van der Waals surface area contributed by atoms with Crippen molar-refractivity contribution in [1.82, 2.24) is 0 Å². The molecule has 7 heteroatoms. The molecule has 0 aliphatic heterocycles. The smallest absolute Gasteiger partial charge is 0.226 e. The Morgan fingerprint density at radius 3 is 1.32 bits per heavy atom. The van der Waals surface area contributed by atoms with Crippen molar-refractivity contribution in [3.05, 3.63) is 165 Å². The van der Waals surface area contributed by atoms with E-state index in [1.54, 1.807) is 6.07 Å². The summed E-state index contributed by atoms with van der Waals surface area (Å²) in [6, 6.07) is 32.3. The molecule has 0 bridgehead atoms. The maximum Gasteiger partial charge on any atom is 0.416 e. The average molecular weight is 613 g/mol. The van der Waals surface area contributed by atoms with Crippen LogP contribution in [0.25, 0.3) is 65.3 Å². The van der Waals surface area contributed by atoms with Gasteiger partial charge in [-0.2, -0.15) is 13.2 Å². The van der Waals surface area contributed by atoms with Crippen molar-refractivity contribution in [2.45, 2.75) is 13.1 Å². The van der Waals surface area contributed by atoms with E-state index in [1.807, 2.05) is 79.7 Å². The van der Waals surface area contributed by atoms with E-state index in [0.29, 0.717) is 39.0 Å². The summed E-state index contributed by atoms with van der Waals surface area (Å²) in [5.74, 6) is 0. The van der Waals surface area contributed by atoms with Gasteiger partial charge in [-0.3, -0.25) is 0 Å². The molecule has 0 aromatic heterocycles. The van der Waals surface area contributed by atoms with Crippen molar-refractivity contribution in [2.24, 2.45) is 0 Å². The molecule has 47 heavy (non-hydrogen) atoms. The first-order chi connectivity index (χ1) is 22.7. The summed E-state index contributed by atoms with van der Waals surface area (Å²) in [5.41, 5.74) is 10.0. The van der Waals surface area contributed by atoms with Crippen molar-refractivity contribution < 1.29 is 13.2 Å². The first-order valence-electron chi connectivity index (χ1n) is 14.4. The normalized spacial score (nSPS) is 14.4. The van der Waals surface area contributed by atoms with E-state index in [1.165, 1.54) is 12.1 Å². The summed E-state index contributed by atoms with van der Waals surface area (Å²) in [5, 5.41) is 20.0. The fourth-order valence-electron chi connectivity index (χ4n) is 6.46. The lowest BCUT2D eigenvalue weighted by atomic mass is 9.94. The van der Waals surface area contributed by atoms with Crippen molar-refractivity contribution in [3.63, 3.8) is 0 Å². The minimum Gasteiger partial charge on any atom is -0.226 e. The van der Waals surface area contributed by atoms with E-state index in [-0.39, 0.29) is 11.4 Å². The lowest BCUT2D eigenvalue weighted by molar-refractivity contribution is -0.137. The van der Waals surface area contributed by atoms with Crippen LogP contribution in [0.1, 0.15) is 33.4 Å². The van der Waals surface area contributed by atoms with E-state index in [2.05, 4.69) is 15.8 Å². The third kappa shape index (κ3) is 4.59. The number of halogens is 3. The van der Waals surface area contributed by atoms with E-state index in [0.717, 1.165) is 56.6 Å². The van der Waals surface area contributed by atoms with Gasteiger partial charge in [0.2, 0.25) is 0 Å². The number of fused-ring (bicyclic) bond motifs is 6. The van der Waals surface area contributed by atoms with Gasteiger partial charge in [0.1, 0.15) is 0 Å². The van der Waals surface area contributed by atoms with Crippen molar-refractivity contribution in [2.75, 3.05) is 0 Å². The minimum absolute atomic E-state index is 0.0673. The summed E-state index contributed by atoms with van der Waals surface area (Å²) in [7, 11) is 0. The number of hydrogen-bond acceptors (Lipinski definition) is 2. The number of nitriles is 2. The largest absolute Gasteiger partial charge is 0.416 e. The SMILES string of the molecule is [C-]#[N+]/C(C#N)=C1/c2cc(-c3ccc(C(F)(F)F)cc3)ccc2-c2cc3c(cc21)/C(=C(\C#N)[N+]#[C-])c1cc(-c2ccc(C)cc2)ccc1-3. The van der Waals surface area contributed by atoms with Crippen LogP contribution in [0, 0.1) is 42.7 Å². The van der Waals surface area contributed by atoms with Crippen LogP contribution in [0.2, 0.25) is 0 Å². The van der Waals surface area contributed by atoms with E-state index < -0.39 is 11.7 Å². The minimum atomic E-state index is -4.46. The number of nitrogens with zero attached hydrogens (tertiary/aromatic N) is 4. The van der Waals surface area contributed by atoms with Crippen LogP contribution in [0.5, 0.6) is 0 Å². The van der Waals surface area contributed by atoms with Gasteiger partial charge < -0.3 is 0 Å². The maximum absolute atomic E-state index is 13.2. The zero-order chi connectivity index (χ0) is 33.0. The number of hydrogen-bond donors (Lipinski definition) is 0. The van der Waals surface area contributed by atoms with Crippen LogP contribution in [0.4, 0.5) is 13.2 Å². The van der Waals surface area contributed by atoms with E-state index >= 15 is 0 Å². The highest BCUT2D eigenvalue weighted by Gasteiger charge is 2.34. The second-order valence-corrected chi connectivity index (χ2v) is 11.3. The Labute approximate surface area is 268 Å². The molecule has 0 amide bonds. The predicted octanol–water partition coefficient (Wildman–Crippen LogP) is 10.7. The van der Waals surface area contributed by atoms with Crippen LogP contribution in [0.3, 0.4) is 0 Å². The summed E-state index contributed by atoms with van der Waals surface area (Å²) in [6.07, 6.45) is -4.46. The van der Waals surface area contributed by atoms with Crippen LogP contribution in [0.15, 0.2) is 108 Å². The maximum atomic E-state index is 13.2. The molecule has 220 valence electrons. The monoisotopic (exact) mass is 612 g/mol. The molecule has 0 radical (unpaired) electrons. The van der Waals surface area contributed by atoms with Crippen LogP contribution >= 0.6 is 0 Å². The molecule has 2 aliphatic carbocycles. The van der Waals surface area contributed by atoms with Crippen molar-refractivity contribution >= 4 is 11.1 Å². The number of aryl methyl sites for hydroxylation is 1. The van der Waals surface area contributed by atoms with Gasteiger partial charge in [0.05, 0.1) is 30.8 Å². The molecule has 0 fully saturated rings. The molecule has 0 N–H and O–H groups in total. The van der Waals surface area contributed by atoms with Crippen molar-refractivity contribution in [3.8, 4) is 56.6 Å². The number of rotatable bonds is 2. The first kappa shape index (κ1) is 29.1. The van der Waals surface area contributed by atoms with Gasteiger partial charge in [-0.05, 0) is 110 Å². The van der Waals surface area contributed by atoms with Gasteiger partial charge in [0.25, 0.3) is 11.4 Å². The highest BCUT2D eigenvalue weighted by molar-refractivity contribution is 6.11. The summed E-state index contributed by atoms with van der Waals surface area (Å²) < 4.78 is 39.6. The molecule has 0 heterocycles. The molecule has 4 nitrogen and oxygen atoms in total. The van der Waals surface area contributed by atoms with Gasteiger partial charge in [-0.25, -0.2) is 20.2 Å². The van der Waals surface area contributed by atoms with Gasteiger partial charge in [-0.1, -0.05) is 66.2 Å². The summed E-state index contributed by atoms with van der Waals surface area (Å²) in [4.78, 5) is 7.10. The Hall–Kier alpha value is -6.67. The molecular formula is C40H19F3N4. The fourth-order valence-corrected chi connectivity index (χ4v) is 6.46. The summed E-state index contributed by atoms with van der Waals surface area (Å²) in [6.45, 7) is 17.6. The lowest BCUT2D eigenvalue weighted by Gasteiger charge is -2.10. The van der Waals surface area contributed by atoms with Crippen molar-refractivity contribution in [1.29, 1.82) is 10.5 Å².